The molecule has 0 aliphatic carbocycles. The molecule has 1 aromatic heterocycles. The van der Waals surface area contributed by atoms with Crippen LogP contribution in [0.4, 0.5) is 5.82 Å². The number of nitrogens with zero attached hydrogens (tertiary/aromatic N) is 2. The molecule has 17 heavy (non-hydrogen) atoms. The van der Waals surface area contributed by atoms with Crippen molar-refractivity contribution in [2.24, 2.45) is 0 Å². The number of hydrogen-bond donors (Lipinski definition) is 1. The van der Waals surface area contributed by atoms with Crippen LogP contribution in [-0.2, 0) is 10.2 Å². The van der Waals surface area contributed by atoms with E-state index in [1.165, 1.54) is 12.3 Å². The molecule has 92 valence electrons. The summed E-state index contributed by atoms with van der Waals surface area (Å²) in [5, 5.41) is 13.2. The number of aromatic nitrogens is 1. The number of pyridine rings is 1. The van der Waals surface area contributed by atoms with Crippen molar-refractivity contribution in [2.75, 3.05) is 6.54 Å². The SMILES string of the molecule is CCNC(=O)C(C)(C)c1ccc([N+](=O)[O-])nc1. The van der Waals surface area contributed by atoms with Crippen molar-refractivity contribution in [3.8, 4) is 0 Å². The molecular weight excluding hydrogens is 222 g/mol. The summed E-state index contributed by atoms with van der Waals surface area (Å²) in [6.07, 6.45) is 1.37. The third-order valence-electron chi connectivity index (χ3n) is 2.56. The molecule has 0 aromatic carbocycles. The van der Waals surface area contributed by atoms with Gasteiger partial charge >= 0.3 is 5.82 Å². The predicted octanol–water partition coefficient (Wildman–Crippen LogP) is 1.40. The number of likely N-dealkylation sites (N-methyl/N-ethyl adjacent to an activating group) is 1. The molecule has 1 amide bonds. The lowest BCUT2D eigenvalue weighted by atomic mass is 9.85. The van der Waals surface area contributed by atoms with Gasteiger partial charge in [0.2, 0.25) is 5.91 Å². The molecule has 1 aromatic rings. The molecule has 0 saturated carbocycles. The Morgan fingerprint density at radius 3 is 2.59 bits per heavy atom. The van der Waals surface area contributed by atoms with Crippen LogP contribution in [0.3, 0.4) is 0 Å². The van der Waals surface area contributed by atoms with E-state index in [-0.39, 0.29) is 11.7 Å². The van der Waals surface area contributed by atoms with Crippen LogP contribution in [0, 0.1) is 10.1 Å². The summed E-state index contributed by atoms with van der Waals surface area (Å²) >= 11 is 0. The van der Waals surface area contributed by atoms with E-state index < -0.39 is 10.3 Å². The van der Waals surface area contributed by atoms with E-state index in [1.807, 2.05) is 6.92 Å². The van der Waals surface area contributed by atoms with Gasteiger partial charge in [-0.15, -0.1) is 0 Å². The monoisotopic (exact) mass is 237 g/mol. The van der Waals surface area contributed by atoms with Gasteiger partial charge < -0.3 is 15.4 Å². The fourth-order valence-corrected chi connectivity index (χ4v) is 1.38. The molecule has 0 saturated heterocycles. The number of nitrogens with one attached hydrogen (secondary N) is 1. The Labute approximate surface area is 99.2 Å². The number of nitro groups is 1. The summed E-state index contributed by atoms with van der Waals surface area (Å²) < 4.78 is 0. The van der Waals surface area contributed by atoms with Crippen LogP contribution in [-0.4, -0.2) is 22.4 Å². The molecule has 1 N–H and O–H groups in total. The predicted molar refractivity (Wildman–Crippen MR) is 62.6 cm³/mol. The molecule has 0 bridgehead atoms. The normalized spacial score (nSPS) is 11.0. The lowest BCUT2D eigenvalue weighted by molar-refractivity contribution is -0.389. The first kappa shape index (κ1) is 13.1. The summed E-state index contributed by atoms with van der Waals surface area (Å²) in [7, 11) is 0. The van der Waals surface area contributed by atoms with Crippen LogP contribution in [0.1, 0.15) is 26.3 Å². The zero-order valence-electron chi connectivity index (χ0n) is 10.1. The van der Waals surface area contributed by atoms with Crippen LogP contribution in [0.15, 0.2) is 18.3 Å². The third-order valence-corrected chi connectivity index (χ3v) is 2.56. The summed E-state index contributed by atoms with van der Waals surface area (Å²) in [5.74, 6) is -0.351. The Morgan fingerprint density at radius 1 is 1.53 bits per heavy atom. The summed E-state index contributed by atoms with van der Waals surface area (Å²) in [6.45, 7) is 5.88. The number of carbonyl (C=O) groups is 1. The molecule has 0 spiro atoms. The average Bonchev–Trinajstić information content (AvgIpc) is 2.29. The average molecular weight is 237 g/mol. The van der Waals surface area contributed by atoms with Crippen LogP contribution in [0.5, 0.6) is 0 Å². The number of hydrogen-bond acceptors (Lipinski definition) is 4. The molecule has 0 aliphatic rings. The largest absolute Gasteiger partial charge is 0.363 e. The van der Waals surface area contributed by atoms with Crippen molar-refractivity contribution in [1.82, 2.24) is 10.3 Å². The first-order valence-corrected chi connectivity index (χ1v) is 5.28. The number of carbonyl (C=O) groups excluding carboxylic acids is 1. The van der Waals surface area contributed by atoms with Gasteiger partial charge in [-0.05, 0) is 36.7 Å². The van der Waals surface area contributed by atoms with E-state index in [0.29, 0.717) is 12.1 Å². The van der Waals surface area contributed by atoms with E-state index in [1.54, 1.807) is 19.9 Å². The maximum absolute atomic E-state index is 11.8. The van der Waals surface area contributed by atoms with Crippen molar-refractivity contribution in [3.63, 3.8) is 0 Å². The molecule has 1 rings (SSSR count). The smallest absolute Gasteiger partial charge is 0.358 e. The fraction of sp³-hybridized carbons (Fsp3) is 0.455. The second-order valence-corrected chi connectivity index (χ2v) is 4.15. The van der Waals surface area contributed by atoms with E-state index >= 15 is 0 Å². The molecule has 0 atom stereocenters. The Morgan fingerprint density at radius 2 is 2.18 bits per heavy atom. The zero-order valence-corrected chi connectivity index (χ0v) is 10.1. The second-order valence-electron chi connectivity index (χ2n) is 4.15. The molecular formula is C11H15N3O3. The maximum Gasteiger partial charge on any atom is 0.363 e. The van der Waals surface area contributed by atoms with E-state index in [4.69, 9.17) is 0 Å². The molecule has 0 aliphatic heterocycles. The van der Waals surface area contributed by atoms with Crippen LogP contribution >= 0.6 is 0 Å². The summed E-state index contributed by atoms with van der Waals surface area (Å²) in [6, 6.07) is 2.86. The van der Waals surface area contributed by atoms with Crippen LogP contribution in [0.25, 0.3) is 0 Å². The minimum absolute atomic E-state index is 0.129. The fourth-order valence-electron chi connectivity index (χ4n) is 1.38. The van der Waals surface area contributed by atoms with E-state index in [0.717, 1.165) is 0 Å². The van der Waals surface area contributed by atoms with Gasteiger partial charge in [-0.1, -0.05) is 0 Å². The van der Waals surface area contributed by atoms with Crippen molar-refractivity contribution >= 4 is 11.7 Å². The maximum atomic E-state index is 11.8. The first-order valence-electron chi connectivity index (χ1n) is 5.28. The molecule has 1 heterocycles. The Kier molecular flexibility index (Phi) is 3.77. The molecule has 0 fully saturated rings. The van der Waals surface area contributed by atoms with Gasteiger partial charge in [0.05, 0.1) is 5.41 Å². The molecule has 6 nitrogen and oxygen atoms in total. The molecule has 0 radical (unpaired) electrons. The minimum Gasteiger partial charge on any atom is -0.358 e. The highest BCUT2D eigenvalue weighted by Gasteiger charge is 2.30. The van der Waals surface area contributed by atoms with Gasteiger partial charge in [0, 0.05) is 18.2 Å². The lowest BCUT2D eigenvalue weighted by Gasteiger charge is -2.22. The van der Waals surface area contributed by atoms with Crippen molar-refractivity contribution in [2.45, 2.75) is 26.2 Å². The van der Waals surface area contributed by atoms with Gasteiger partial charge in [-0.3, -0.25) is 4.79 Å². The quantitative estimate of drug-likeness (QED) is 0.633. The summed E-state index contributed by atoms with van der Waals surface area (Å²) in [5.41, 5.74) is -0.105. The number of rotatable bonds is 4. The second kappa shape index (κ2) is 4.90. The van der Waals surface area contributed by atoms with Crippen molar-refractivity contribution in [1.29, 1.82) is 0 Å². The highest BCUT2D eigenvalue weighted by atomic mass is 16.6. The van der Waals surface area contributed by atoms with Crippen molar-refractivity contribution < 1.29 is 9.72 Å². The Hall–Kier alpha value is -1.98. The van der Waals surface area contributed by atoms with Crippen LogP contribution in [0.2, 0.25) is 0 Å². The third kappa shape index (κ3) is 2.77. The Bertz CT molecular complexity index is 426. The molecule has 0 unspecified atom stereocenters. The molecule has 6 heteroatoms. The van der Waals surface area contributed by atoms with E-state index in [2.05, 4.69) is 10.3 Å². The minimum atomic E-state index is -0.752. The van der Waals surface area contributed by atoms with Crippen molar-refractivity contribution in [3.05, 3.63) is 34.0 Å². The van der Waals surface area contributed by atoms with Gasteiger partial charge in [0.15, 0.2) is 0 Å². The van der Waals surface area contributed by atoms with E-state index in [9.17, 15) is 14.9 Å². The van der Waals surface area contributed by atoms with Gasteiger partial charge in [0.25, 0.3) is 0 Å². The van der Waals surface area contributed by atoms with Gasteiger partial charge in [-0.2, -0.15) is 0 Å². The van der Waals surface area contributed by atoms with Gasteiger partial charge in [0.1, 0.15) is 6.20 Å². The lowest BCUT2D eigenvalue weighted by Crippen LogP contribution is -2.39. The topological polar surface area (TPSA) is 85.1 Å². The highest BCUT2D eigenvalue weighted by Crippen LogP contribution is 2.23. The zero-order chi connectivity index (χ0) is 13.1. The summed E-state index contributed by atoms with van der Waals surface area (Å²) in [4.78, 5) is 25.4. The standard InChI is InChI=1S/C11H15N3O3/c1-4-12-10(15)11(2,3)8-5-6-9(13-7-8)14(16)17/h5-7H,4H2,1-3H3,(H,12,15). The highest BCUT2D eigenvalue weighted by molar-refractivity contribution is 5.87. The number of amides is 1. The van der Waals surface area contributed by atoms with Gasteiger partial charge in [-0.25, -0.2) is 0 Å². The Balaban J connectivity index is 2.99. The first-order chi connectivity index (χ1) is 7.89. The van der Waals surface area contributed by atoms with Crippen LogP contribution < -0.4 is 5.32 Å².